The first kappa shape index (κ1) is 18.3. The minimum Gasteiger partial charge on any atom is -0.495 e. The van der Waals surface area contributed by atoms with Crippen LogP contribution in [0.4, 0.5) is 0 Å². The van der Waals surface area contributed by atoms with Gasteiger partial charge in [0.15, 0.2) is 0 Å². The van der Waals surface area contributed by atoms with E-state index in [-0.39, 0.29) is 22.8 Å². The van der Waals surface area contributed by atoms with E-state index < -0.39 is 16.0 Å². The highest BCUT2D eigenvalue weighted by Crippen LogP contribution is 2.38. The fourth-order valence-corrected chi connectivity index (χ4v) is 3.76. The number of nitrogens with one attached hydrogen (secondary N) is 1. The van der Waals surface area contributed by atoms with E-state index in [9.17, 15) is 13.2 Å². The van der Waals surface area contributed by atoms with E-state index in [1.54, 1.807) is 6.20 Å². The number of rotatable bonds is 7. The average molecular weight is 376 g/mol. The van der Waals surface area contributed by atoms with Crippen LogP contribution in [0.3, 0.4) is 0 Å². The zero-order valence-corrected chi connectivity index (χ0v) is 15.4. The molecule has 26 heavy (non-hydrogen) atoms. The summed E-state index contributed by atoms with van der Waals surface area (Å²) >= 11 is 0. The van der Waals surface area contributed by atoms with Gasteiger partial charge in [-0.15, -0.1) is 0 Å². The third-order valence-electron chi connectivity index (χ3n) is 4.18. The molecule has 0 saturated heterocycles. The summed E-state index contributed by atoms with van der Waals surface area (Å²) in [5.41, 5.74) is 1.93. The molecule has 1 aromatic carbocycles. The lowest BCUT2D eigenvalue weighted by Crippen LogP contribution is -2.24. The third-order valence-corrected chi connectivity index (χ3v) is 5.61. The molecular weight excluding hydrogens is 356 g/mol. The molecule has 1 saturated carbocycles. The fraction of sp³-hybridized carbons (Fsp3) is 0.333. The molecule has 7 nitrogen and oxygen atoms in total. The van der Waals surface area contributed by atoms with Crippen LogP contribution in [-0.4, -0.2) is 33.6 Å². The lowest BCUT2D eigenvalue weighted by Gasteiger charge is -2.12. The predicted octanol–water partition coefficient (Wildman–Crippen LogP) is 2.23. The molecule has 0 radical (unpaired) electrons. The summed E-state index contributed by atoms with van der Waals surface area (Å²) in [6.07, 6.45) is 4.00. The second kappa shape index (κ2) is 7.43. The first-order chi connectivity index (χ1) is 12.4. The Hall–Kier alpha value is -2.45. The van der Waals surface area contributed by atoms with E-state index in [0.29, 0.717) is 5.92 Å². The van der Waals surface area contributed by atoms with Crippen LogP contribution in [0.25, 0.3) is 0 Å². The van der Waals surface area contributed by atoms with Gasteiger partial charge >= 0.3 is 5.97 Å². The number of pyridine rings is 1. The summed E-state index contributed by atoms with van der Waals surface area (Å²) < 4.78 is 37.6. The maximum Gasteiger partial charge on any atom is 0.337 e. The normalized spacial score (nSPS) is 14.1. The van der Waals surface area contributed by atoms with Crippen LogP contribution in [0.2, 0.25) is 0 Å². The van der Waals surface area contributed by atoms with Gasteiger partial charge in [0.05, 0.1) is 19.8 Å². The van der Waals surface area contributed by atoms with Crippen molar-refractivity contribution in [3.63, 3.8) is 0 Å². The quantitative estimate of drug-likeness (QED) is 0.745. The van der Waals surface area contributed by atoms with Gasteiger partial charge in [-0.3, -0.25) is 4.98 Å². The highest BCUT2D eigenvalue weighted by Gasteiger charge is 2.25. The lowest BCUT2D eigenvalue weighted by atomic mass is 10.2. The van der Waals surface area contributed by atoms with Crippen molar-refractivity contribution in [2.24, 2.45) is 0 Å². The lowest BCUT2D eigenvalue weighted by molar-refractivity contribution is 0.0600. The maximum absolute atomic E-state index is 12.7. The van der Waals surface area contributed by atoms with E-state index in [0.717, 1.165) is 24.1 Å². The number of aromatic nitrogens is 1. The van der Waals surface area contributed by atoms with E-state index in [1.807, 2.05) is 12.1 Å². The predicted molar refractivity (Wildman–Crippen MR) is 94.6 cm³/mol. The molecule has 1 fully saturated rings. The number of carbonyl (C=O) groups is 1. The highest BCUT2D eigenvalue weighted by atomic mass is 32.2. The molecule has 0 aliphatic heterocycles. The number of hydrogen-bond donors (Lipinski definition) is 1. The Kier molecular flexibility index (Phi) is 5.24. The summed E-state index contributed by atoms with van der Waals surface area (Å²) in [5.74, 6) is 0.0717. The fourth-order valence-electron chi connectivity index (χ4n) is 2.55. The summed E-state index contributed by atoms with van der Waals surface area (Å²) in [6, 6.07) is 7.91. The standard InChI is InChI=1S/C18H20N2O5S/c1-24-16-8-6-14(18(21)25-2)9-17(16)26(22,23)20-11-12-3-7-15(19-10-12)13-4-5-13/h3,6-10,13,20H,4-5,11H2,1-2H3. The largest absolute Gasteiger partial charge is 0.495 e. The molecule has 1 aliphatic carbocycles. The van der Waals surface area contributed by atoms with E-state index in [4.69, 9.17) is 4.74 Å². The van der Waals surface area contributed by atoms with E-state index in [1.165, 1.54) is 32.4 Å². The zero-order valence-electron chi connectivity index (χ0n) is 14.6. The number of methoxy groups -OCH3 is 2. The number of benzene rings is 1. The smallest absolute Gasteiger partial charge is 0.337 e. The van der Waals surface area contributed by atoms with Crippen molar-refractivity contribution in [3.8, 4) is 5.75 Å². The van der Waals surface area contributed by atoms with Crippen molar-refractivity contribution >= 4 is 16.0 Å². The Balaban J connectivity index is 1.79. The van der Waals surface area contributed by atoms with Gasteiger partial charge < -0.3 is 9.47 Å². The summed E-state index contributed by atoms with van der Waals surface area (Å²) in [4.78, 5) is 15.9. The van der Waals surface area contributed by atoms with Crippen LogP contribution in [0.15, 0.2) is 41.4 Å². The van der Waals surface area contributed by atoms with Crippen LogP contribution in [0.1, 0.15) is 40.4 Å². The van der Waals surface area contributed by atoms with Gasteiger partial charge in [-0.25, -0.2) is 17.9 Å². The van der Waals surface area contributed by atoms with Gasteiger partial charge in [-0.2, -0.15) is 0 Å². The molecule has 1 N–H and O–H groups in total. The number of ether oxygens (including phenoxy) is 2. The Morgan fingerprint density at radius 2 is 2.00 bits per heavy atom. The Bertz CT molecular complexity index is 906. The molecule has 0 unspecified atom stereocenters. The molecule has 1 aliphatic rings. The van der Waals surface area contributed by atoms with Gasteiger partial charge in [-0.05, 0) is 42.7 Å². The average Bonchev–Trinajstić information content (AvgIpc) is 3.51. The molecule has 2 aromatic rings. The molecule has 0 bridgehead atoms. The van der Waals surface area contributed by atoms with Crippen LogP contribution < -0.4 is 9.46 Å². The molecule has 1 aromatic heterocycles. The summed E-state index contributed by atoms with van der Waals surface area (Å²) in [5, 5.41) is 0. The van der Waals surface area contributed by atoms with Gasteiger partial charge in [0, 0.05) is 24.4 Å². The van der Waals surface area contributed by atoms with E-state index in [2.05, 4.69) is 14.4 Å². The van der Waals surface area contributed by atoms with Gasteiger partial charge in [0.2, 0.25) is 10.0 Å². The van der Waals surface area contributed by atoms with Crippen LogP contribution in [0, 0.1) is 0 Å². The first-order valence-corrected chi connectivity index (χ1v) is 9.64. The van der Waals surface area contributed by atoms with Crippen molar-refractivity contribution in [1.29, 1.82) is 0 Å². The summed E-state index contributed by atoms with van der Waals surface area (Å²) in [7, 11) is -1.29. The van der Waals surface area contributed by atoms with Crippen molar-refractivity contribution in [3.05, 3.63) is 53.3 Å². The molecule has 3 rings (SSSR count). The van der Waals surface area contributed by atoms with Gasteiger partial charge in [0.25, 0.3) is 0 Å². The molecule has 1 heterocycles. The SMILES string of the molecule is COC(=O)c1ccc(OC)c(S(=O)(=O)NCc2ccc(C3CC3)nc2)c1. The molecule has 0 amide bonds. The van der Waals surface area contributed by atoms with Crippen LogP contribution in [-0.2, 0) is 21.3 Å². The van der Waals surface area contributed by atoms with Crippen molar-refractivity contribution in [2.75, 3.05) is 14.2 Å². The molecule has 0 spiro atoms. The molecular formula is C18H20N2O5S. The van der Waals surface area contributed by atoms with Crippen LogP contribution >= 0.6 is 0 Å². The minimum absolute atomic E-state index is 0.0892. The number of hydrogen-bond acceptors (Lipinski definition) is 6. The molecule has 138 valence electrons. The Morgan fingerprint density at radius 1 is 1.23 bits per heavy atom. The monoisotopic (exact) mass is 376 g/mol. The molecule has 0 atom stereocenters. The number of sulfonamides is 1. The van der Waals surface area contributed by atoms with Crippen molar-refractivity contribution < 1.29 is 22.7 Å². The Morgan fingerprint density at radius 3 is 2.58 bits per heavy atom. The second-order valence-electron chi connectivity index (χ2n) is 6.05. The maximum atomic E-state index is 12.7. The summed E-state index contributed by atoms with van der Waals surface area (Å²) in [6.45, 7) is 0.0892. The second-order valence-corrected chi connectivity index (χ2v) is 7.78. The first-order valence-electron chi connectivity index (χ1n) is 8.15. The van der Waals surface area contributed by atoms with Crippen LogP contribution in [0.5, 0.6) is 5.75 Å². The topological polar surface area (TPSA) is 94.6 Å². The third kappa shape index (κ3) is 4.03. The van der Waals surface area contributed by atoms with Gasteiger partial charge in [-0.1, -0.05) is 6.07 Å². The zero-order chi connectivity index (χ0) is 18.7. The minimum atomic E-state index is -3.89. The number of carbonyl (C=O) groups excluding carboxylic acids is 1. The highest BCUT2D eigenvalue weighted by molar-refractivity contribution is 7.89. The molecule has 8 heteroatoms. The number of esters is 1. The van der Waals surface area contributed by atoms with Gasteiger partial charge in [0.1, 0.15) is 10.6 Å². The van der Waals surface area contributed by atoms with E-state index >= 15 is 0 Å². The van der Waals surface area contributed by atoms with Crippen molar-refractivity contribution in [1.82, 2.24) is 9.71 Å². The number of nitrogens with zero attached hydrogens (tertiary/aromatic N) is 1. The van der Waals surface area contributed by atoms with Crippen molar-refractivity contribution in [2.45, 2.75) is 30.2 Å². The Labute approximate surface area is 152 Å².